The molecule has 0 fully saturated rings. The van der Waals surface area contributed by atoms with E-state index in [-0.39, 0.29) is 24.9 Å². The summed E-state index contributed by atoms with van der Waals surface area (Å²) in [5.41, 5.74) is 3.30. The van der Waals surface area contributed by atoms with E-state index in [9.17, 15) is 9.59 Å². The number of H-pyrrole nitrogens is 1. The molecule has 0 bridgehead atoms. The first-order valence-corrected chi connectivity index (χ1v) is 9.40. The first-order valence-electron chi connectivity index (χ1n) is 8.52. The Morgan fingerprint density at radius 2 is 2.04 bits per heavy atom. The molecule has 1 N–H and O–H groups in total. The molecule has 0 unspecified atom stereocenters. The molecule has 26 heavy (non-hydrogen) atoms. The number of aromatic amines is 1. The zero-order chi connectivity index (χ0) is 18.5. The van der Waals surface area contributed by atoms with Gasteiger partial charge in [-0.05, 0) is 42.0 Å². The summed E-state index contributed by atoms with van der Waals surface area (Å²) in [4.78, 5) is 30.0. The van der Waals surface area contributed by atoms with E-state index >= 15 is 0 Å². The van der Waals surface area contributed by atoms with Gasteiger partial charge in [-0.1, -0.05) is 18.2 Å². The van der Waals surface area contributed by atoms with Crippen molar-refractivity contribution in [1.29, 1.82) is 0 Å². The van der Waals surface area contributed by atoms with Gasteiger partial charge in [0.25, 0.3) is 5.91 Å². The minimum absolute atomic E-state index is 0.196. The minimum Gasteiger partial charge on any atom is -0.456 e. The highest BCUT2D eigenvalue weighted by molar-refractivity contribution is 7.10. The number of likely N-dealkylation sites (N-methyl/N-ethyl adjacent to an activating group) is 1. The summed E-state index contributed by atoms with van der Waals surface area (Å²) in [7, 11) is 1.72. The molecule has 1 aromatic carbocycles. The molecule has 2 aromatic heterocycles. The van der Waals surface area contributed by atoms with E-state index in [1.54, 1.807) is 23.3 Å². The first kappa shape index (κ1) is 18.2. The molecule has 0 saturated carbocycles. The van der Waals surface area contributed by atoms with Crippen molar-refractivity contribution in [2.24, 2.45) is 0 Å². The van der Waals surface area contributed by atoms with E-state index in [4.69, 9.17) is 4.74 Å². The fourth-order valence-corrected chi connectivity index (χ4v) is 3.73. The number of fused-ring (bicyclic) bond motifs is 1. The number of aryl methyl sites for hydroxylation is 2. The molecule has 3 rings (SSSR count). The summed E-state index contributed by atoms with van der Waals surface area (Å²) in [6.07, 6.45) is 2.75. The average Bonchev–Trinajstić information content (AvgIpc) is 3.24. The second kappa shape index (κ2) is 8.19. The van der Waals surface area contributed by atoms with Crippen molar-refractivity contribution in [3.63, 3.8) is 0 Å². The molecule has 0 spiro atoms. The van der Waals surface area contributed by atoms with E-state index in [0.717, 1.165) is 21.3 Å². The molecule has 0 radical (unpaired) electrons. The fourth-order valence-electron chi connectivity index (χ4n) is 2.77. The van der Waals surface area contributed by atoms with Gasteiger partial charge in [0.2, 0.25) is 0 Å². The lowest BCUT2D eigenvalue weighted by Gasteiger charge is -2.16. The Hall–Kier alpha value is -2.60. The predicted molar refractivity (Wildman–Crippen MR) is 103 cm³/mol. The minimum atomic E-state index is -0.357. The van der Waals surface area contributed by atoms with Crippen molar-refractivity contribution in [3.05, 3.63) is 57.9 Å². The van der Waals surface area contributed by atoms with E-state index < -0.39 is 0 Å². The standard InChI is InChI=1S/C20H22N2O3S/c1-14-9-10-26-18(14)12-22(2)19(23)13-25-20(24)8-7-15-11-21-17-6-4-3-5-16(15)17/h3-6,9-11,21H,7-8,12-13H2,1-2H3. The van der Waals surface area contributed by atoms with Gasteiger partial charge in [0.15, 0.2) is 6.61 Å². The molecule has 3 aromatic rings. The molecular formula is C20H22N2O3S. The maximum absolute atomic E-state index is 12.1. The van der Waals surface area contributed by atoms with Gasteiger partial charge in [0.05, 0.1) is 6.54 Å². The molecule has 0 atom stereocenters. The van der Waals surface area contributed by atoms with E-state index in [1.165, 1.54) is 5.56 Å². The van der Waals surface area contributed by atoms with Gasteiger partial charge in [-0.2, -0.15) is 0 Å². The van der Waals surface area contributed by atoms with Crippen LogP contribution in [0.2, 0.25) is 0 Å². The van der Waals surface area contributed by atoms with Crippen molar-refractivity contribution in [2.45, 2.75) is 26.3 Å². The highest BCUT2D eigenvalue weighted by Crippen LogP contribution is 2.19. The second-order valence-corrected chi connectivity index (χ2v) is 7.30. The highest BCUT2D eigenvalue weighted by atomic mass is 32.1. The summed E-state index contributed by atoms with van der Waals surface area (Å²) >= 11 is 1.62. The molecule has 1 amide bonds. The van der Waals surface area contributed by atoms with Crippen molar-refractivity contribution in [3.8, 4) is 0 Å². The number of esters is 1. The van der Waals surface area contributed by atoms with Gasteiger partial charge in [0.1, 0.15) is 0 Å². The number of carbonyl (C=O) groups excluding carboxylic acids is 2. The van der Waals surface area contributed by atoms with Crippen LogP contribution in [0.1, 0.15) is 22.4 Å². The number of hydrogen-bond acceptors (Lipinski definition) is 4. The zero-order valence-corrected chi connectivity index (χ0v) is 15.8. The van der Waals surface area contributed by atoms with Gasteiger partial charge in [-0.15, -0.1) is 11.3 Å². The Morgan fingerprint density at radius 3 is 2.81 bits per heavy atom. The molecule has 0 aliphatic rings. The molecule has 0 saturated heterocycles. The van der Waals surface area contributed by atoms with Crippen LogP contribution in [-0.2, 0) is 27.3 Å². The third-order valence-corrected chi connectivity index (χ3v) is 5.41. The van der Waals surface area contributed by atoms with Crippen LogP contribution in [-0.4, -0.2) is 35.4 Å². The van der Waals surface area contributed by atoms with Crippen LogP contribution in [0.4, 0.5) is 0 Å². The topological polar surface area (TPSA) is 62.4 Å². The number of hydrogen-bond donors (Lipinski definition) is 1. The van der Waals surface area contributed by atoms with Crippen molar-refractivity contribution < 1.29 is 14.3 Å². The molecule has 6 heteroatoms. The maximum Gasteiger partial charge on any atom is 0.306 e. The summed E-state index contributed by atoms with van der Waals surface area (Å²) in [6.45, 7) is 2.34. The van der Waals surface area contributed by atoms with E-state index in [0.29, 0.717) is 13.0 Å². The number of nitrogens with zero attached hydrogens (tertiary/aromatic N) is 1. The van der Waals surface area contributed by atoms with Crippen LogP contribution in [0.5, 0.6) is 0 Å². The molecule has 2 heterocycles. The second-order valence-electron chi connectivity index (χ2n) is 6.30. The number of nitrogens with one attached hydrogen (secondary N) is 1. The number of aromatic nitrogens is 1. The number of rotatable bonds is 7. The van der Waals surface area contributed by atoms with Crippen molar-refractivity contribution in [1.82, 2.24) is 9.88 Å². The third-order valence-electron chi connectivity index (χ3n) is 4.40. The monoisotopic (exact) mass is 370 g/mol. The average molecular weight is 370 g/mol. The predicted octanol–water partition coefficient (Wildman–Crippen LogP) is 3.67. The highest BCUT2D eigenvalue weighted by Gasteiger charge is 2.14. The van der Waals surface area contributed by atoms with E-state index in [2.05, 4.69) is 4.98 Å². The lowest BCUT2D eigenvalue weighted by molar-refractivity contribution is -0.151. The van der Waals surface area contributed by atoms with Crippen LogP contribution in [0.25, 0.3) is 10.9 Å². The largest absolute Gasteiger partial charge is 0.456 e. The van der Waals surface area contributed by atoms with Gasteiger partial charge in [0, 0.05) is 35.4 Å². The molecule has 136 valence electrons. The van der Waals surface area contributed by atoms with Crippen LogP contribution in [0, 0.1) is 6.92 Å². The summed E-state index contributed by atoms with van der Waals surface area (Å²) in [6, 6.07) is 10.0. The SMILES string of the molecule is Cc1ccsc1CN(C)C(=O)COC(=O)CCc1c[nH]c2ccccc12. The smallest absolute Gasteiger partial charge is 0.306 e. The van der Waals surface area contributed by atoms with Gasteiger partial charge < -0.3 is 14.6 Å². The van der Waals surface area contributed by atoms with Crippen LogP contribution < -0.4 is 0 Å². The lowest BCUT2D eigenvalue weighted by atomic mass is 10.1. The Labute approximate surface area is 156 Å². The number of benzene rings is 1. The molecule has 0 aliphatic carbocycles. The Balaban J connectivity index is 1.45. The summed E-state index contributed by atoms with van der Waals surface area (Å²) in [5.74, 6) is -0.553. The van der Waals surface area contributed by atoms with Crippen LogP contribution in [0.3, 0.4) is 0 Å². The Kier molecular flexibility index (Phi) is 5.73. The van der Waals surface area contributed by atoms with Gasteiger partial charge in [-0.3, -0.25) is 9.59 Å². The lowest BCUT2D eigenvalue weighted by Crippen LogP contribution is -2.30. The van der Waals surface area contributed by atoms with E-state index in [1.807, 2.05) is 48.8 Å². The normalized spacial score (nSPS) is 10.8. The van der Waals surface area contributed by atoms with Gasteiger partial charge >= 0.3 is 5.97 Å². The maximum atomic E-state index is 12.1. The molecule has 5 nitrogen and oxygen atoms in total. The zero-order valence-electron chi connectivity index (χ0n) is 15.0. The van der Waals surface area contributed by atoms with Gasteiger partial charge in [-0.25, -0.2) is 0 Å². The van der Waals surface area contributed by atoms with Crippen LogP contribution >= 0.6 is 11.3 Å². The number of thiophene rings is 1. The number of carbonyl (C=O) groups is 2. The third kappa shape index (κ3) is 4.32. The van der Waals surface area contributed by atoms with Crippen LogP contribution in [0.15, 0.2) is 41.9 Å². The number of ether oxygens (including phenoxy) is 1. The van der Waals surface area contributed by atoms with Crippen molar-refractivity contribution >= 4 is 34.1 Å². The Morgan fingerprint density at radius 1 is 1.23 bits per heavy atom. The Bertz CT molecular complexity index is 913. The van der Waals surface area contributed by atoms with Crippen molar-refractivity contribution in [2.75, 3.05) is 13.7 Å². The fraction of sp³-hybridized carbons (Fsp3) is 0.300. The number of amides is 1. The molecular weight excluding hydrogens is 348 g/mol. The summed E-state index contributed by atoms with van der Waals surface area (Å²) in [5, 5.41) is 3.12. The molecule has 0 aliphatic heterocycles. The first-order chi connectivity index (χ1) is 12.5. The number of para-hydroxylation sites is 1. The summed E-state index contributed by atoms with van der Waals surface area (Å²) < 4.78 is 5.15. The quantitative estimate of drug-likeness (QED) is 0.646.